The second-order valence-corrected chi connectivity index (χ2v) is 9.71. The van der Waals surface area contributed by atoms with Crippen LogP contribution in [0.3, 0.4) is 0 Å². The first-order chi connectivity index (χ1) is 13.3. The van der Waals surface area contributed by atoms with Gasteiger partial charge in [-0.15, -0.1) is 0 Å². The summed E-state index contributed by atoms with van der Waals surface area (Å²) in [5.41, 5.74) is 1.01. The van der Waals surface area contributed by atoms with E-state index in [9.17, 15) is 13.2 Å². The molecule has 158 valence electrons. The van der Waals surface area contributed by atoms with Crippen molar-refractivity contribution in [1.82, 2.24) is 9.62 Å². The molecule has 0 bridgehead atoms. The third-order valence-corrected chi connectivity index (χ3v) is 7.76. The van der Waals surface area contributed by atoms with E-state index in [4.69, 9.17) is 0 Å². The van der Waals surface area contributed by atoms with Gasteiger partial charge in [-0.1, -0.05) is 45.2 Å². The second kappa shape index (κ2) is 10.4. The number of hydrogen-bond acceptors (Lipinski definition) is 3. The van der Waals surface area contributed by atoms with Gasteiger partial charge >= 0.3 is 0 Å². The van der Waals surface area contributed by atoms with E-state index >= 15 is 0 Å². The molecule has 0 aliphatic heterocycles. The monoisotopic (exact) mass is 410 g/mol. The van der Waals surface area contributed by atoms with Gasteiger partial charge in [0.25, 0.3) is 5.91 Å². The normalized spacial score (nSPS) is 18.0. The van der Waals surface area contributed by atoms with Crippen molar-refractivity contribution in [2.24, 2.45) is 0 Å². The van der Waals surface area contributed by atoms with Crippen molar-refractivity contribution in [3.8, 4) is 0 Å². The maximum atomic E-state index is 12.6. The minimum atomic E-state index is -3.44. The van der Waals surface area contributed by atoms with Gasteiger partial charge in [0, 0.05) is 24.7 Å². The Morgan fingerprint density at radius 1 is 1.11 bits per heavy atom. The Morgan fingerprint density at radius 2 is 1.68 bits per heavy atom. The maximum Gasteiger partial charge on any atom is 0.278 e. The highest BCUT2D eigenvalue weighted by molar-refractivity contribution is 7.89. The number of hydrogen-bond donors (Lipinski definition) is 2. The molecule has 6 nitrogen and oxygen atoms in total. The summed E-state index contributed by atoms with van der Waals surface area (Å²) in [6.07, 6.45) is 5.82. The molecule has 1 aromatic rings. The van der Waals surface area contributed by atoms with Gasteiger partial charge in [0.15, 0.2) is 6.04 Å². The highest BCUT2D eigenvalue weighted by Gasteiger charge is 2.25. The zero-order valence-electron chi connectivity index (χ0n) is 17.6. The Balaban J connectivity index is 1.96. The zero-order valence-corrected chi connectivity index (χ0v) is 18.5. The summed E-state index contributed by atoms with van der Waals surface area (Å²) in [5, 5.41) is 5.21. The van der Waals surface area contributed by atoms with Crippen molar-refractivity contribution in [3.05, 3.63) is 29.8 Å². The van der Waals surface area contributed by atoms with Gasteiger partial charge in [0.05, 0.1) is 4.90 Å². The van der Waals surface area contributed by atoms with Crippen LogP contribution in [0.5, 0.6) is 0 Å². The van der Waals surface area contributed by atoms with E-state index < -0.39 is 10.0 Å². The molecule has 1 aliphatic carbocycles. The molecule has 0 radical (unpaired) electrons. The predicted molar refractivity (Wildman–Crippen MR) is 111 cm³/mol. The Hall–Kier alpha value is -1.44. The molecule has 0 unspecified atom stereocenters. The van der Waals surface area contributed by atoms with Crippen LogP contribution in [0.4, 0.5) is 0 Å². The number of nitrogens with one attached hydrogen (secondary N) is 1. The third kappa shape index (κ3) is 5.78. The van der Waals surface area contributed by atoms with Gasteiger partial charge in [0.2, 0.25) is 10.0 Å². The maximum absolute atomic E-state index is 12.6. The van der Waals surface area contributed by atoms with Gasteiger partial charge in [-0.05, 0) is 38.8 Å². The summed E-state index contributed by atoms with van der Waals surface area (Å²) in [4.78, 5) is 12.8. The average molecular weight is 411 g/mol. The molecule has 0 saturated heterocycles. The lowest BCUT2D eigenvalue weighted by molar-refractivity contribution is -0.710. The fourth-order valence-corrected chi connectivity index (χ4v) is 5.33. The third-order valence-electron chi connectivity index (χ3n) is 5.69. The van der Waals surface area contributed by atoms with E-state index in [0.29, 0.717) is 24.0 Å². The second-order valence-electron chi connectivity index (χ2n) is 7.77. The summed E-state index contributed by atoms with van der Waals surface area (Å²) in [6.45, 7) is 8.56. The molecule has 0 spiro atoms. The standard InChI is InChI=1S/C21H35N3O3S/c1-5-24(6-2)28(26,27)20-14-12-18(13-15-20)16(3)22-17(4)21(25)23-19-10-8-7-9-11-19/h12-17,19,22H,5-11H2,1-4H3,(H,23,25)/p+1/t16-,17-/m1/s1. The van der Waals surface area contributed by atoms with E-state index in [1.807, 2.05) is 45.1 Å². The molecular formula is C21H36N3O3S+. The summed E-state index contributed by atoms with van der Waals surface area (Å²) in [7, 11) is -3.44. The van der Waals surface area contributed by atoms with Gasteiger partial charge in [-0.25, -0.2) is 8.42 Å². The van der Waals surface area contributed by atoms with E-state index in [2.05, 4.69) is 5.32 Å². The van der Waals surface area contributed by atoms with E-state index in [1.165, 1.54) is 23.6 Å². The highest BCUT2D eigenvalue weighted by Crippen LogP contribution is 2.19. The number of nitrogens with two attached hydrogens (primary N) is 1. The lowest BCUT2D eigenvalue weighted by atomic mass is 9.95. The first kappa shape index (κ1) is 22.8. The predicted octanol–water partition coefficient (Wildman–Crippen LogP) is 2.18. The van der Waals surface area contributed by atoms with Crippen molar-refractivity contribution in [2.75, 3.05) is 13.1 Å². The van der Waals surface area contributed by atoms with Gasteiger partial charge in [0.1, 0.15) is 6.04 Å². The molecule has 0 heterocycles. The lowest BCUT2D eigenvalue weighted by Crippen LogP contribution is -2.92. The van der Waals surface area contributed by atoms with Crippen LogP contribution in [0, 0.1) is 0 Å². The number of nitrogens with zero attached hydrogens (tertiary/aromatic N) is 1. The molecule has 7 heteroatoms. The van der Waals surface area contributed by atoms with Crippen molar-refractivity contribution >= 4 is 15.9 Å². The molecule has 2 atom stereocenters. The number of carbonyl (C=O) groups is 1. The fraction of sp³-hybridized carbons (Fsp3) is 0.667. The number of amides is 1. The molecule has 1 aliphatic rings. The minimum Gasteiger partial charge on any atom is -0.348 e. The highest BCUT2D eigenvalue weighted by atomic mass is 32.2. The quantitative estimate of drug-likeness (QED) is 0.654. The Labute approximate surface area is 170 Å². The molecule has 1 aromatic carbocycles. The summed E-state index contributed by atoms with van der Waals surface area (Å²) in [6, 6.07) is 7.23. The number of carbonyl (C=O) groups excluding carboxylic acids is 1. The van der Waals surface area contributed by atoms with Crippen LogP contribution in [-0.4, -0.2) is 43.8 Å². The first-order valence-electron chi connectivity index (χ1n) is 10.5. The smallest absolute Gasteiger partial charge is 0.278 e. The average Bonchev–Trinajstić information content (AvgIpc) is 2.69. The number of rotatable bonds is 9. The van der Waals surface area contributed by atoms with Gasteiger partial charge in [-0.2, -0.15) is 4.31 Å². The summed E-state index contributed by atoms with van der Waals surface area (Å²) < 4.78 is 26.6. The van der Waals surface area contributed by atoms with Crippen molar-refractivity contribution < 1.29 is 18.5 Å². The van der Waals surface area contributed by atoms with E-state index in [1.54, 1.807) is 12.1 Å². The molecular weight excluding hydrogens is 374 g/mol. The minimum absolute atomic E-state index is 0.0670. The van der Waals surface area contributed by atoms with Crippen LogP contribution in [0.1, 0.15) is 71.4 Å². The number of quaternary nitrogens is 1. The van der Waals surface area contributed by atoms with Crippen LogP contribution in [0.2, 0.25) is 0 Å². The number of sulfonamides is 1. The summed E-state index contributed by atoms with van der Waals surface area (Å²) in [5.74, 6) is 0.0829. The largest absolute Gasteiger partial charge is 0.348 e. The van der Waals surface area contributed by atoms with Crippen LogP contribution in [0.15, 0.2) is 29.2 Å². The van der Waals surface area contributed by atoms with E-state index in [-0.39, 0.29) is 18.0 Å². The Bertz CT molecular complexity index is 724. The van der Waals surface area contributed by atoms with Gasteiger partial charge in [-0.3, -0.25) is 4.79 Å². The molecule has 3 N–H and O–H groups in total. The van der Waals surface area contributed by atoms with Crippen LogP contribution < -0.4 is 10.6 Å². The SMILES string of the molecule is CCN(CC)S(=O)(=O)c1ccc([C@@H](C)[NH2+][C@H](C)C(=O)NC2CCCCC2)cc1. The van der Waals surface area contributed by atoms with Crippen LogP contribution >= 0.6 is 0 Å². The van der Waals surface area contributed by atoms with Crippen molar-refractivity contribution in [2.45, 2.75) is 82.8 Å². The molecule has 1 fully saturated rings. The van der Waals surface area contributed by atoms with Crippen LogP contribution in [-0.2, 0) is 14.8 Å². The number of benzene rings is 1. The molecule has 1 amide bonds. The topological polar surface area (TPSA) is 83.1 Å². The Morgan fingerprint density at radius 3 is 2.21 bits per heavy atom. The molecule has 0 aromatic heterocycles. The van der Waals surface area contributed by atoms with Crippen LogP contribution in [0.25, 0.3) is 0 Å². The Kier molecular flexibility index (Phi) is 8.46. The van der Waals surface area contributed by atoms with E-state index in [0.717, 1.165) is 18.4 Å². The van der Waals surface area contributed by atoms with Crippen molar-refractivity contribution in [3.63, 3.8) is 0 Å². The van der Waals surface area contributed by atoms with Crippen molar-refractivity contribution in [1.29, 1.82) is 0 Å². The molecule has 28 heavy (non-hydrogen) atoms. The summed E-state index contributed by atoms with van der Waals surface area (Å²) >= 11 is 0. The first-order valence-corrected chi connectivity index (χ1v) is 12.0. The lowest BCUT2D eigenvalue weighted by Gasteiger charge is -2.24. The molecule has 1 saturated carbocycles. The fourth-order valence-electron chi connectivity index (χ4n) is 3.87. The zero-order chi connectivity index (χ0) is 20.7. The molecule has 2 rings (SSSR count). The van der Waals surface area contributed by atoms with Gasteiger partial charge < -0.3 is 10.6 Å².